The Bertz CT molecular complexity index is 172. The predicted molar refractivity (Wildman–Crippen MR) is 52.8 cm³/mol. The summed E-state index contributed by atoms with van der Waals surface area (Å²) < 4.78 is 27.9. The first-order valence-electron chi connectivity index (χ1n) is 4.67. The summed E-state index contributed by atoms with van der Waals surface area (Å²) >= 11 is 0. The van der Waals surface area contributed by atoms with E-state index in [1.807, 2.05) is 13.8 Å². The lowest BCUT2D eigenvalue weighted by atomic mass is 10.2. The van der Waals surface area contributed by atoms with E-state index in [1.165, 1.54) is 0 Å². The average molecular weight is 208 g/mol. The first kappa shape index (κ1) is 13.3. The third-order valence-electron chi connectivity index (χ3n) is 1.41. The van der Waals surface area contributed by atoms with E-state index in [2.05, 4.69) is 9.73 Å². The van der Waals surface area contributed by atoms with E-state index in [0.29, 0.717) is 24.7 Å². The highest BCUT2D eigenvalue weighted by atomic mass is 19.3. The normalized spacial score (nSPS) is 12.9. The van der Waals surface area contributed by atoms with Gasteiger partial charge in [-0.05, 0) is 5.92 Å². The largest absolute Gasteiger partial charge is 0.387 e. The summed E-state index contributed by atoms with van der Waals surface area (Å²) in [4.78, 5) is 4.07. The van der Waals surface area contributed by atoms with Gasteiger partial charge in [0, 0.05) is 13.0 Å². The Labute approximate surface area is 83.3 Å². The van der Waals surface area contributed by atoms with Crippen LogP contribution in [0.2, 0.25) is 0 Å². The molecule has 14 heavy (non-hydrogen) atoms. The van der Waals surface area contributed by atoms with E-state index >= 15 is 0 Å². The number of alkyl halides is 2. The van der Waals surface area contributed by atoms with Crippen molar-refractivity contribution in [3.63, 3.8) is 0 Å². The summed E-state index contributed by atoms with van der Waals surface area (Å²) in [5, 5.41) is 0. The molecule has 0 spiro atoms. The van der Waals surface area contributed by atoms with Crippen LogP contribution in [0, 0.1) is 5.92 Å². The summed E-state index contributed by atoms with van der Waals surface area (Å²) in [5.41, 5.74) is 5.52. The van der Waals surface area contributed by atoms with E-state index < -0.39 is 13.0 Å². The molecule has 0 bridgehead atoms. The zero-order valence-electron chi connectivity index (χ0n) is 8.67. The predicted octanol–water partition coefficient (Wildman–Crippen LogP) is 1.67. The molecule has 0 aromatic heterocycles. The van der Waals surface area contributed by atoms with Crippen molar-refractivity contribution in [2.24, 2.45) is 16.6 Å². The summed E-state index contributed by atoms with van der Waals surface area (Å²) in [6, 6.07) is 0. The number of aliphatic imine (C=N–C) groups is 1. The van der Waals surface area contributed by atoms with Gasteiger partial charge >= 0.3 is 0 Å². The molecular formula is C9H18F2N2O. The number of rotatable bonds is 7. The van der Waals surface area contributed by atoms with Crippen molar-refractivity contribution in [2.45, 2.75) is 26.7 Å². The standard InChI is InChI=1S/C9H18F2N2O/c1-7(2)5-13-9(12)3-4-14-6-8(10)11/h7-8H,3-6H2,1-2H3,(H2,12,13). The Hall–Kier alpha value is -0.710. The van der Waals surface area contributed by atoms with Gasteiger partial charge in [-0.1, -0.05) is 13.8 Å². The van der Waals surface area contributed by atoms with Crippen LogP contribution in [-0.4, -0.2) is 32.0 Å². The second-order valence-corrected chi connectivity index (χ2v) is 3.44. The van der Waals surface area contributed by atoms with Crippen molar-refractivity contribution in [1.82, 2.24) is 0 Å². The van der Waals surface area contributed by atoms with Gasteiger partial charge in [0.1, 0.15) is 6.61 Å². The fourth-order valence-electron chi connectivity index (χ4n) is 0.728. The Morgan fingerprint density at radius 1 is 1.43 bits per heavy atom. The molecule has 0 aliphatic rings. The molecule has 0 saturated heterocycles. The van der Waals surface area contributed by atoms with Gasteiger partial charge in [0.05, 0.1) is 12.4 Å². The zero-order chi connectivity index (χ0) is 11.0. The molecule has 0 radical (unpaired) electrons. The topological polar surface area (TPSA) is 47.6 Å². The maximum atomic E-state index is 11.6. The second kappa shape index (κ2) is 7.67. The summed E-state index contributed by atoms with van der Waals surface area (Å²) in [5.74, 6) is 0.920. The number of amidine groups is 1. The Kier molecular flexibility index (Phi) is 7.28. The molecule has 0 aliphatic carbocycles. The molecule has 0 fully saturated rings. The third-order valence-corrected chi connectivity index (χ3v) is 1.41. The summed E-state index contributed by atoms with van der Waals surface area (Å²) in [6.07, 6.45) is -2.00. The van der Waals surface area contributed by atoms with Crippen LogP contribution >= 0.6 is 0 Å². The van der Waals surface area contributed by atoms with Gasteiger partial charge in [-0.25, -0.2) is 8.78 Å². The van der Waals surface area contributed by atoms with E-state index in [-0.39, 0.29) is 6.61 Å². The molecule has 0 aliphatic heterocycles. The number of nitrogens with two attached hydrogens (primary N) is 1. The third kappa shape index (κ3) is 9.38. The van der Waals surface area contributed by atoms with Crippen LogP contribution in [0.3, 0.4) is 0 Å². The van der Waals surface area contributed by atoms with Crippen molar-refractivity contribution in [3.8, 4) is 0 Å². The quantitative estimate of drug-likeness (QED) is 0.393. The molecule has 5 heteroatoms. The van der Waals surface area contributed by atoms with E-state index in [0.717, 1.165) is 0 Å². The molecule has 0 saturated carbocycles. The molecule has 2 N–H and O–H groups in total. The average Bonchev–Trinajstić information content (AvgIpc) is 2.08. The van der Waals surface area contributed by atoms with Gasteiger partial charge < -0.3 is 10.5 Å². The molecule has 0 amide bonds. The molecule has 0 atom stereocenters. The first-order chi connectivity index (χ1) is 6.52. The molecule has 0 aromatic rings. The van der Waals surface area contributed by atoms with E-state index in [9.17, 15) is 8.78 Å². The Balaban J connectivity index is 3.43. The smallest absolute Gasteiger partial charge is 0.261 e. The van der Waals surface area contributed by atoms with Crippen molar-refractivity contribution in [3.05, 3.63) is 0 Å². The van der Waals surface area contributed by atoms with Gasteiger partial charge in [-0.15, -0.1) is 0 Å². The minimum atomic E-state index is -2.41. The minimum Gasteiger partial charge on any atom is -0.387 e. The van der Waals surface area contributed by atoms with Crippen molar-refractivity contribution >= 4 is 5.84 Å². The van der Waals surface area contributed by atoms with E-state index in [4.69, 9.17) is 5.73 Å². The van der Waals surface area contributed by atoms with Gasteiger partial charge in [0.15, 0.2) is 0 Å². The summed E-state index contributed by atoms with van der Waals surface area (Å²) in [6.45, 7) is 4.41. The fraction of sp³-hybridized carbons (Fsp3) is 0.889. The van der Waals surface area contributed by atoms with Gasteiger partial charge in [-0.3, -0.25) is 4.99 Å². The SMILES string of the molecule is CC(C)CN=C(N)CCOCC(F)F. The van der Waals surface area contributed by atoms with Crippen molar-refractivity contribution < 1.29 is 13.5 Å². The lowest BCUT2D eigenvalue weighted by Crippen LogP contribution is -2.17. The lowest BCUT2D eigenvalue weighted by molar-refractivity contribution is 0.0201. The van der Waals surface area contributed by atoms with Crippen LogP contribution in [0.4, 0.5) is 8.78 Å². The molecule has 84 valence electrons. The van der Waals surface area contributed by atoms with Crippen LogP contribution in [0.15, 0.2) is 4.99 Å². The molecule has 0 aromatic carbocycles. The van der Waals surface area contributed by atoms with Crippen molar-refractivity contribution in [2.75, 3.05) is 19.8 Å². The first-order valence-corrected chi connectivity index (χ1v) is 4.67. The number of nitrogens with zero attached hydrogens (tertiary/aromatic N) is 1. The lowest BCUT2D eigenvalue weighted by Gasteiger charge is -2.04. The maximum Gasteiger partial charge on any atom is 0.261 e. The number of halogens is 2. The molecular weight excluding hydrogens is 190 g/mol. The van der Waals surface area contributed by atoms with Crippen LogP contribution in [0.1, 0.15) is 20.3 Å². The van der Waals surface area contributed by atoms with Gasteiger partial charge in [-0.2, -0.15) is 0 Å². The maximum absolute atomic E-state index is 11.6. The highest BCUT2D eigenvalue weighted by Crippen LogP contribution is 1.95. The number of ether oxygens (including phenoxy) is 1. The Morgan fingerprint density at radius 2 is 2.07 bits per heavy atom. The zero-order valence-corrected chi connectivity index (χ0v) is 8.67. The van der Waals surface area contributed by atoms with E-state index in [1.54, 1.807) is 0 Å². The monoisotopic (exact) mass is 208 g/mol. The molecule has 0 unspecified atom stereocenters. The molecule has 0 heterocycles. The highest BCUT2D eigenvalue weighted by molar-refractivity contribution is 5.80. The highest BCUT2D eigenvalue weighted by Gasteiger charge is 2.01. The summed E-state index contributed by atoms with van der Waals surface area (Å²) in [7, 11) is 0. The van der Waals surface area contributed by atoms with Crippen LogP contribution in [-0.2, 0) is 4.74 Å². The number of hydrogen-bond acceptors (Lipinski definition) is 2. The van der Waals surface area contributed by atoms with Gasteiger partial charge in [0.2, 0.25) is 0 Å². The minimum absolute atomic E-state index is 0.206. The van der Waals surface area contributed by atoms with Crippen LogP contribution in [0.25, 0.3) is 0 Å². The molecule has 3 nitrogen and oxygen atoms in total. The van der Waals surface area contributed by atoms with Crippen molar-refractivity contribution in [1.29, 1.82) is 0 Å². The second-order valence-electron chi connectivity index (χ2n) is 3.44. The fourth-order valence-corrected chi connectivity index (χ4v) is 0.728. The van der Waals surface area contributed by atoms with Gasteiger partial charge in [0.25, 0.3) is 6.43 Å². The number of hydrogen-bond donors (Lipinski definition) is 1. The Morgan fingerprint density at radius 3 is 2.57 bits per heavy atom. The molecule has 0 rings (SSSR count). The van der Waals surface area contributed by atoms with Crippen LogP contribution in [0.5, 0.6) is 0 Å². The van der Waals surface area contributed by atoms with Crippen LogP contribution < -0.4 is 5.73 Å².